The third kappa shape index (κ3) is 4.23. The minimum atomic E-state index is 0.218. The average Bonchev–Trinajstić information content (AvgIpc) is 2.40. The van der Waals surface area contributed by atoms with Crippen molar-refractivity contribution < 1.29 is 14.3 Å². The van der Waals surface area contributed by atoms with Crippen LogP contribution >= 0.6 is 0 Å². The van der Waals surface area contributed by atoms with Gasteiger partial charge in [0, 0.05) is 38.9 Å². The van der Waals surface area contributed by atoms with E-state index in [1.165, 1.54) is 0 Å². The lowest BCUT2D eigenvalue weighted by Gasteiger charge is -2.32. The van der Waals surface area contributed by atoms with Gasteiger partial charge in [0.15, 0.2) is 0 Å². The molecule has 0 aromatic heterocycles. The van der Waals surface area contributed by atoms with Gasteiger partial charge in [-0.15, -0.1) is 0 Å². The van der Waals surface area contributed by atoms with Gasteiger partial charge in [-0.25, -0.2) is 0 Å². The zero-order valence-corrected chi connectivity index (χ0v) is 11.2. The van der Waals surface area contributed by atoms with Gasteiger partial charge in [0.25, 0.3) is 0 Å². The topological polar surface area (TPSA) is 50.8 Å². The van der Waals surface area contributed by atoms with Gasteiger partial charge in [0.2, 0.25) is 5.91 Å². The molecular formula is C13H24N2O3. The van der Waals surface area contributed by atoms with E-state index in [1.54, 1.807) is 0 Å². The molecule has 18 heavy (non-hydrogen) atoms. The Kier molecular flexibility index (Phi) is 5.41. The Morgan fingerprint density at radius 2 is 2.22 bits per heavy atom. The smallest absolute Gasteiger partial charge is 0.224 e. The van der Waals surface area contributed by atoms with Crippen LogP contribution in [0.4, 0.5) is 0 Å². The molecule has 0 saturated carbocycles. The maximum Gasteiger partial charge on any atom is 0.224 e. The second-order valence-electron chi connectivity index (χ2n) is 5.13. The summed E-state index contributed by atoms with van der Waals surface area (Å²) >= 11 is 0. The zero-order chi connectivity index (χ0) is 12.8. The SMILES string of the molecule is C[C@@H]1CN(C(=O)CCOC2CCOCC2)CCN1. The van der Waals surface area contributed by atoms with Crippen LogP contribution in [0.5, 0.6) is 0 Å². The van der Waals surface area contributed by atoms with E-state index in [0.717, 1.165) is 45.7 Å². The van der Waals surface area contributed by atoms with Crippen molar-refractivity contribution >= 4 is 5.91 Å². The summed E-state index contributed by atoms with van der Waals surface area (Å²) < 4.78 is 11.0. The van der Waals surface area contributed by atoms with Crippen LogP contribution < -0.4 is 5.32 Å². The average molecular weight is 256 g/mol. The van der Waals surface area contributed by atoms with Gasteiger partial charge in [-0.05, 0) is 19.8 Å². The van der Waals surface area contributed by atoms with Crippen LogP contribution in [0.1, 0.15) is 26.2 Å². The first-order valence-electron chi connectivity index (χ1n) is 6.96. The van der Waals surface area contributed by atoms with Gasteiger partial charge >= 0.3 is 0 Å². The summed E-state index contributed by atoms with van der Waals surface area (Å²) in [6.45, 7) is 6.76. The number of hydrogen-bond donors (Lipinski definition) is 1. The monoisotopic (exact) mass is 256 g/mol. The van der Waals surface area contributed by atoms with Crippen LogP contribution in [0.2, 0.25) is 0 Å². The van der Waals surface area contributed by atoms with Gasteiger partial charge in [0.1, 0.15) is 0 Å². The summed E-state index contributed by atoms with van der Waals surface area (Å²) in [6.07, 6.45) is 2.70. The van der Waals surface area contributed by atoms with Crippen molar-refractivity contribution in [2.24, 2.45) is 0 Å². The van der Waals surface area contributed by atoms with Crippen molar-refractivity contribution in [1.82, 2.24) is 10.2 Å². The third-order valence-electron chi connectivity index (χ3n) is 3.56. The van der Waals surface area contributed by atoms with E-state index >= 15 is 0 Å². The van der Waals surface area contributed by atoms with Crippen LogP contribution in [0.3, 0.4) is 0 Å². The Morgan fingerprint density at radius 3 is 2.94 bits per heavy atom. The summed E-state index contributed by atoms with van der Waals surface area (Å²) in [4.78, 5) is 13.9. The van der Waals surface area contributed by atoms with E-state index in [0.29, 0.717) is 19.1 Å². The van der Waals surface area contributed by atoms with Gasteiger partial charge < -0.3 is 19.7 Å². The molecule has 5 nitrogen and oxygen atoms in total. The molecule has 2 heterocycles. The predicted molar refractivity (Wildman–Crippen MR) is 68.5 cm³/mol. The Labute approximate surface area is 109 Å². The summed E-state index contributed by atoms with van der Waals surface area (Å²) in [5, 5.41) is 3.34. The van der Waals surface area contributed by atoms with Gasteiger partial charge in [-0.3, -0.25) is 4.79 Å². The van der Waals surface area contributed by atoms with Gasteiger partial charge in [0.05, 0.1) is 19.1 Å². The van der Waals surface area contributed by atoms with E-state index < -0.39 is 0 Å². The summed E-state index contributed by atoms with van der Waals surface area (Å²) in [7, 11) is 0. The standard InChI is InChI=1S/C13H24N2O3/c1-11-10-15(6-5-14-11)13(16)4-9-18-12-2-7-17-8-3-12/h11-12,14H,2-10H2,1H3/t11-/m1/s1. The number of amides is 1. The highest BCUT2D eigenvalue weighted by Gasteiger charge is 2.20. The Hall–Kier alpha value is -0.650. The first kappa shape index (κ1) is 13.8. The van der Waals surface area contributed by atoms with Crippen molar-refractivity contribution in [2.75, 3.05) is 39.5 Å². The van der Waals surface area contributed by atoms with Crippen LogP contribution in [0.15, 0.2) is 0 Å². The van der Waals surface area contributed by atoms with Crippen molar-refractivity contribution in [2.45, 2.75) is 38.3 Å². The number of nitrogens with one attached hydrogen (secondary N) is 1. The van der Waals surface area contributed by atoms with Crippen LogP contribution in [0.25, 0.3) is 0 Å². The maximum absolute atomic E-state index is 12.0. The first-order valence-corrected chi connectivity index (χ1v) is 6.96. The fourth-order valence-electron chi connectivity index (χ4n) is 2.47. The predicted octanol–water partition coefficient (Wildman–Crippen LogP) is 0.392. The molecule has 0 aromatic rings. The molecule has 0 aromatic carbocycles. The highest BCUT2D eigenvalue weighted by molar-refractivity contribution is 5.76. The Balaban J connectivity index is 1.61. The van der Waals surface area contributed by atoms with Crippen LogP contribution in [-0.2, 0) is 14.3 Å². The van der Waals surface area contributed by atoms with E-state index in [4.69, 9.17) is 9.47 Å². The maximum atomic E-state index is 12.0. The fraction of sp³-hybridized carbons (Fsp3) is 0.923. The molecule has 2 saturated heterocycles. The third-order valence-corrected chi connectivity index (χ3v) is 3.56. The molecular weight excluding hydrogens is 232 g/mol. The molecule has 1 N–H and O–H groups in total. The zero-order valence-electron chi connectivity index (χ0n) is 11.2. The van der Waals surface area contributed by atoms with Gasteiger partial charge in [-0.1, -0.05) is 0 Å². The molecule has 1 atom stereocenters. The quantitative estimate of drug-likeness (QED) is 0.790. The molecule has 104 valence electrons. The number of hydrogen-bond acceptors (Lipinski definition) is 4. The Morgan fingerprint density at radius 1 is 1.44 bits per heavy atom. The summed E-state index contributed by atoms with van der Waals surface area (Å²) in [5.74, 6) is 0.218. The molecule has 2 aliphatic rings. The van der Waals surface area contributed by atoms with E-state index in [9.17, 15) is 4.79 Å². The van der Waals surface area contributed by atoms with E-state index in [1.807, 2.05) is 4.90 Å². The molecule has 0 aliphatic carbocycles. The number of piperazine rings is 1. The van der Waals surface area contributed by atoms with Crippen LogP contribution in [0, 0.1) is 0 Å². The lowest BCUT2D eigenvalue weighted by atomic mass is 10.1. The first-order chi connectivity index (χ1) is 8.75. The number of ether oxygens (including phenoxy) is 2. The minimum absolute atomic E-state index is 0.218. The molecule has 0 spiro atoms. The highest BCUT2D eigenvalue weighted by atomic mass is 16.5. The lowest BCUT2D eigenvalue weighted by Crippen LogP contribution is -2.51. The highest BCUT2D eigenvalue weighted by Crippen LogP contribution is 2.11. The van der Waals surface area contributed by atoms with Crippen LogP contribution in [-0.4, -0.2) is 62.4 Å². The molecule has 2 fully saturated rings. The van der Waals surface area contributed by atoms with Crippen molar-refractivity contribution in [1.29, 1.82) is 0 Å². The summed E-state index contributed by atoms with van der Waals surface area (Å²) in [6, 6.07) is 0.402. The second-order valence-corrected chi connectivity index (χ2v) is 5.13. The summed E-state index contributed by atoms with van der Waals surface area (Å²) in [5.41, 5.74) is 0. The van der Waals surface area contributed by atoms with E-state index in [2.05, 4.69) is 12.2 Å². The fourth-order valence-corrected chi connectivity index (χ4v) is 2.47. The molecule has 0 unspecified atom stereocenters. The number of carbonyl (C=O) groups is 1. The van der Waals surface area contributed by atoms with Crippen molar-refractivity contribution in [3.8, 4) is 0 Å². The molecule has 2 rings (SSSR count). The largest absolute Gasteiger partial charge is 0.381 e. The molecule has 0 bridgehead atoms. The Bertz CT molecular complexity index is 267. The molecule has 2 aliphatic heterocycles. The molecule has 5 heteroatoms. The minimum Gasteiger partial charge on any atom is -0.381 e. The number of rotatable bonds is 4. The van der Waals surface area contributed by atoms with Gasteiger partial charge in [-0.2, -0.15) is 0 Å². The lowest BCUT2D eigenvalue weighted by molar-refractivity contribution is -0.134. The number of carbonyl (C=O) groups excluding carboxylic acids is 1. The molecule has 0 radical (unpaired) electrons. The van der Waals surface area contributed by atoms with Crippen molar-refractivity contribution in [3.63, 3.8) is 0 Å². The number of nitrogens with zero attached hydrogens (tertiary/aromatic N) is 1. The van der Waals surface area contributed by atoms with E-state index in [-0.39, 0.29) is 12.0 Å². The second kappa shape index (κ2) is 7.07. The molecule has 1 amide bonds. The normalized spacial score (nSPS) is 26.3. The van der Waals surface area contributed by atoms with Crippen molar-refractivity contribution in [3.05, 3.63) is 0 Å².